The van der Waals surface area contributed by atoms with Crippen LogP contribution in [0.1, 0.15) is 18.4 Å². The fraction of sp³-hybridized carbons (Fsp3) is 0.556. The fourth-order valence-electron chi connectivity index (χ4n) is 1.31. The van der Waals surface area contributed by atoms with E-state index >= 15 is 0 Å². The Morgan fingerprint density at radius 2 is 2.19 bits per heavy atom. The minimum absolute atomic E-state index is 0.256. The first-order valence-corrected chi connectivity index (χ1v) is 7.96. The van der Waals surface area contributed by atoms with Gasteiger partial charge in [0.2, 0.25) is 0 Å². The molecule has 0 atom stereocenters. The number of alkyl halides is 1. The third-order valence-corrected chi connectivity index (χ3v) is 6.68. The topological polar surface area (TPSA) is 46.2 Å². The molecule has 1 aliphatic rings. The molecule has 1 saturated carbocycles. The van der Waals surface area contributed by atoms with E-state index in [1.165, 1.54) is 0 Å². The van der Waals surface area contributed by atoms with Crippen LogP contribution in [0.4, 0.5) is 0 Å². The SMILES string of the molecule is Cc1cc(S(=O)(=O)NC2(CCl)CC2)sc1Cl. The molecular weight excluding hydrogens is 289 g/mol. The van der Waals surface area contributed by atoms with Crippen molar-refractivity contribution in [3.05, 3.63) is 16.0 Å². The van der Waals surface area contributed by atoms with Gasteiger partial charge in [-0.1, -0.05) is 11.6 Å². The number of halogens is 2. The molecule has 0 aliphatic heterocycles. The van der Waals surface area contributed by atoms with Crippen molar-refractivity contribution in [2.24, 2.45) is 0 Å². The van der Waals surface area contributed by atoms with E-state index in [0.717, 1.165) is 29.7 Å². The van der Waals surface area contributed by atoms with Crippen LogP contribution in [-0.4, -0.2) is 19.8 Å². The Morgan fingerprint density at radius 3 is 2.56 bits per heavy atom. The maximum Gasteiger partial charge on any atom is 0.250 e. The summed E-state index contributed by atoms with van der Waals surface area (Å²) in [6.07, 6.45) is 1.60. The minimum atomic E-state index is -3.47. The number of aryl methyl sites for hydroxylation is 1. The van der Waals surface area contributed by atoms with Crippen LogP contribution < -0.4 is 4.72 Å². The third kappa shape index (κ3) is 2.38. The highest BCUT2D eigenvalue weighted by molar-refractivity contribution is 7.91. The van der Waals surface area contributed by atoms with Gasteiger partial charge in [-0.25, -0.2) is 13.1 Å². The second-order valence-electron chi connectivity index (χ2n) is 4.04. The van der Waals surface area contributed by atoms with Crippen molar-refractivity contribution in [1.82, 2.24) is 4.72 Å². The van der Waals surface area contributed by atoms with Gasteiger partial charge in [-0.15, -0.1) is 22.9 Å². The van der Waals surface area contributed by atoms with Crippen molar-refractivity contribution < 1.29 is 8.42 Å². The highest BCUT2D eigenvalue weighted by Crippen LogP contribution is 2.39. The van der Waals surface area contributed by atoms with Gasteiger partial charge in [0, 0.05) is 11.4 Å². The summed E-state index contributed by atoms with van der Waals surface area (Å²) in [4.78, 5) is 0. The molecule has 1 aliphatic carbocycles. The molecule has 0 radical (unpaired) electrons. The van der Waals surface area contributed by atoms with E-state index < -0.39 is 15.6 Å². The zero-order valence-corrected chi connectivity index (χ0v) is 11.7. The van der Waals surface area contributed by atoms with Gasteiger partial charge >= 0.3 is 0 Å². The lowest BCUT2D eigenvalue weighted by atomic mass is 10.4. The van der Waals surface area contributed by atoms with Gasteiger partial charge in [-0.3, -0.25) is 0 Å². The summed E-state index contributed by atoms with van der Waals surface area (Å²) in [7, 11) is -3.47. The number of hydrogen-bond acceptors (Lipinski definition) is 3. The van der Waals surface area contributed by atoms with E-state index in [4.69, 9.17) is 23.2 Å². The molecule has 3 nitrogen and oxygen atoms in total. The summed E-state index contributed by atoms with van der Waals surface area (Å²) in [6.45, 7) is 1.78. The van der Waals surface area contributed by atoms with E-state index in [2.05, 4.69) is 4.72 Å². The molecule has 7 heteroatoms. The molecule has 1 N–H and O–H groups in total. The van der Waals surface area contributed by atoms with Crippen molar-refractivity contribution in [2.75, 3.05) is 5.88 Å². The monoisotopic (exact) mass is 299 g/mol. The number of hydrogen-bond donors (Lipinski definition) is 1. The van der Waals surface area contributed by atoms with Crippen molar-refractivity contribution >= 4 is 44.6 Å². The summed E-state index contributed by atoms with van der Waals surface area (Å²) in [6, 6.07) is 1.58. The molecule has 0 amide bonds. The van der Waals surface area contributed by atoms with Crippen LogP contribution in [0.5, 0.6) is 0 Å². The summed E-state index contributed by atoms with van der Waals surface area (Å²) >= 11 is 12.7. The molecule has 2 rings (SSSR count). The van der Waals surface area contributed by atoms with E-state index in [-0.39, 0.29) is 4.21 Å². The Hall–Kier alpha value is 0.190. The zero-order chi connectivity index (χ0) is 12.0. The smallest absolute Gasteiger partial charge is 0.206 e. The predicted molar refractivity (Wildman–Crippen MR) is 67.1 cm³/mol. The van der Waals surface area contributed by atoms with Gasteiger partial charge in [0.05, 0.1) is 4.34 Å². The van der Waals surface area contributed by atoms with E-state index in [1.54, 1.807) is 13.0 Å². The van der Waals surface area contributed by atoms with Crippen LogP contribution in [0.25, 0.3) is 0 Å². The van der Waals surface area contributed by atoms with Crippen molar-refractivity contribution in [3.8, 4) is 0 Å². The van der Waals surface area contributed by atoms with Crippen molar-refractivity contribution in [3.63, 3.8) is 0 Å². The Balaban J connectivity index is 2.26. The zero-order valence-electron chi connectivity index (χ0n) is 8.59. The van der Waals surface area contributed by atoms with Gasteiger partial charge in [0.1, 0.15) is 4.21 Å². The van der Waals surface area contributed by atoms with Crippen LogP contribution in [0.15, 0.2) is 10.3 Å². The summed E-state index contributed by atoms with van der Waals surface area (Å²) in [5.41, 5.74) is 0.355. The summed E-state index contributed by atoms with van der Waals surface area (Å²) in [5, 5.41) is 0. The Bertz CT molecular complexity index is 486. The molecule has 1 fully saturated rings. The lowest BCUT2D eigenvalue weighted by molar-refractivity contribution is 0.561. The molecule has 0 spiro atoms. The van der Waals surface area contributed by atoms with Crippen LogP contribution in [-0.2, 0) is 10.0 Å². The van der Waals surface area contributed by atoms with Gasteiger partial charge in [0.15, 0.2) is 0 Å². The number of thiophene rings is 1. The van der Waals surface area contributed by atoms with Crippen molar-refractivity contribution in [2.45, 2.75) is 29.5 Å². The first-order valence-electron chi connectivity index (χ1n) is 4.74. The lowest BCUT2D eigenvalue weighted by Gasteiger charge is -2.12. The molecule has 0 bridgehead atoms. The Kier molecular flexibility index (Phi) is 3.27. The third-order valence-electron chi connectivity index (χ3n) is 2.56. The molecule has 1 aromatic rings. The van der Waals surface area contributed by atoms with Gasteiger partial charge < -0.3 is 0 Å². The number of rotatable bonds is 4. The van der Waals surface area contributed by atoms with Crippen molar-refractivity contribution in [1.29, 1.82) is 0 Å². The standard InChI is InChI=1S/C9H11Cl2NO2S2/c1-6-4-7(15-8(6)11)16(13,14)12-9(5-10)2-3-9/h4,12H,2-3,5H2,1H3. The predicted octanol–water partition coefficient (Wildman–Crippen LogP) is 2.76. The largest absolute Gasteiger partial charge is 0.250 e. The summed E-state index contributed by atoms with van der Waals surface area (Å²) < 4.78 is 27.4. The second kappa shape index (κ2) is 4.14. The molecule has 1 heterocycles. The molecule has 90 valence electrons. The number of sulfonamides is 1. The quantitative estimate of drug-likeness (QED) is 0.869. The normalized spacial score (nSPS) is 18.7. The average Bonchev–Trinajstić information content (AvgIpc) is 2.88. The number of nitrogens with one attached hydrogen (secondary N) is 1. The van der Waals surface area contributed by atoms with Crippen LogP contribution in [0.2, 0.25) is 4.34 Å². The van der Waals surface area contributed by atoms with Crippen LogP contribution in [0, 0.1) is 6.92 Å². The second-order valence-corrected chi connectivity index (χ2v) is 7.87. The maximum absolute atomic E-state index is 12.0. The maximum atomic E-state index is 12.0. The average molecular weight is 300 g/mol. The Labute approximate surface area is 109 Å². The van der Waals surface area contributed by atoms with E-state index in [0.29, 0.717) is 10.2 Å². The van der Waals surface area contributed by atoms with Gasteiger partial charge in [-0.05, 0) is 31.4 Å². The molecule has 16 heavy (non-hydrogen) atoms. The van der Waals surface area contributed by atoms with E-state index in [9.17, 15) is 8.42 Å². The fourth-order valence-corrected chi connectivity index (χ4v) is 4.89. The van der Waals surface area contributed by atoms with Crippen LogP contribution in [0.3, 0.4) is 0 Å². The Morgan fingerprint density at radius 1 is 1.56 bits per heavy atom. The first-order chi connectivity index (χ1) is 7.38. The van der Waals surface area contributed by atoms with Gasteiger partial charge in [0.25, 0.3) is 10.0 Å². The van der Waals surface area contributed by atoms with Gasteiger partial charge in [-0.2, -0.15) is 0 Å². The lowest BCUT2D eigenvalue weighted by Crippen LogP contribution is -2.37. The molecular formula is C9H11Cl2NO2S2. The molecule has 0 aromatic carbocycles. The molecule has 0 saturated heterocycles. The molecule has 0 unspecified atom stereocenters. The molecule has 1 aromatic heterocycles. The minimum Gasteiger partial charge on any atom is -0.206 e. The van der Waals surface area contributed by atoms with Crippen LogP contribution >= 0.6 is 34.5 Å². The first kappa shape index (κ1) is 12.6. The highest BCUT2D eigenvalue weighted by atomic mass is 35.5. The van der Waals surface area contributed by atoms with E-state index in [1.807, 2.05) is 0 Å². The summed E-state index contributed by atoms with van der Waals surface area (Å²) in [5.74, 6) is 0.310. The highest BCUT2D eigenvalue weighted by Gasteiger charge is 2.45.